The van der Waals surface area contributed by atoms with E-state index in [1.54, 1.807) is 4.68 Å². The molecule has 1 unspecified atom stereocenters. The molecule has 8 nitrogen and oxygen atoms in total. The number of hydrogen-bond donors (Lipinski definition) is 0. The quantitative estimate of drug-likeness (QED) is 0.718. The average Bonchev–Trinajstić information content (AvgIpc) is 3.10. The van der Waals surface area contributed by atoms with Gasteiger partial charge in [0, 0.05) is 13.1 Å². The Hall–Kier alpha value is -2.13. The van der Waals surface area contributed by atoms with Gasteiger partial charge in [-0.05, 0) is 36.4 Å². The highest BCUT2D eigenvalue weighted by Gasteiger charge is 2.25. The SMILES string of the molecule is CCOc1ccccc1-n1nnnc1SC(C)C(=O)N1CCOCC1. The summed E-state index contributed by atoms with van der Waals surface area (Å²) in [5.41, 5.74) is 0.753. The Balaban J connectivity index is 1.77. The lowest BCUT2D eigenvalue weighted by Crippen LogP contribution is -2.44. The van der Waals surface area contributed by atoms with Crippen LogP contribution in [0.2, 0.25) is 0 Å². The smallest absolute Gasteiger partial charge is 0.236 e. The average molecular weight is 363 g/mol. The zero-order valence-electron chi connectivity index (χ0n) is 14.3. The Morgan fingerprint density at radius 2 is 2.12 bits per heavy atom. The minimum Gasteiger partial charge on any atom is -0.492 e. The topological polar surface area (TPSA) is 82.4 Å². The zero-order chi connectivity index (χ0) is 17.6. The van der Waals surface area contributed by atoms with E-state index >= 15 is 0 Å². The Morgan fingerprint density at radius 1 is 1.36 bits per heavy atom. The summed E-state index contributed by atoms with van der Waals surface area (Å²) in [6.07, 6.45) is 0. The van der Waals surface area contributed by atoms with Gasteiger partial charge in [0.15, 0.2) is 0 Å². The van der Waals surface area contributed by atoms with Crippen molar-refractivity contribution >= 4 is 17.7 Å². The van der Waals surface area contributed by atoms with Gasteiger partial charge in [-0.15, -0.1) is 5.10 Å². The first-order valence-corrected chi connectivity index (χ1v) is 9.12. The number of hydrogen-bond acceptors (Lipinski definition) is 7. The number of nitrogens with zero attached hydrogens (tertiary/aromatic N) is 5. The maximum Gasteiger partial charge on any atom is 0.236 e. The van der Waals surface area contributed by atoms with E-state index in [2.05, 4.69) is 15.5 Å². The highest BCUT2D eigenvalue weighted by molar-refractivity contribution is 8.00. The third kappa shape index (κ3) is 4.10. The summed E-state index contributed by atoms with van der Waals surface area (Å²) >= 11 is 1.34. The lowest BCUT2D eigenvalue weighted by molar-refractivity contribution is -0.134. The van der Waals surface area contributed by atoms with Gasteiger partial charge in [0.25, 0.3) is 0 Å². The summed E-state index contributed by atoms with van der Waals surface area (Å²) in [6, 6.07) is 7.56. The lowest BCUT2D eigenvalue weighted by Gasteiger charge is -2.28. The Kier molecular flexibility index (Phi) is 5.87. The number of rotatable bonds is 6. The van der Waals surface area contributed by atoms with Crippen molar-refractivity contribution in [3.05, 3.63) is 24.3 Å². The summed E-state index contributed by atoms with van der Waals surface area (Å²) in [5.74, 6) is 0.771. The van der Waals surface area contributed by atoms with Gasteiger partial charge < -0.3 is 14.4 Å². The van der Waals surface area contributed by atoms with E-state index in [0.29, 0.717) is 43.8 Å². The summed E-state index contributed by atoms with van der Waals surface area (Å²) in [7, 11) is 0. The van der Waals surface area contributed by atoms with Crippen molar-refractivity contribution in [3.8, 4) is 11.4 Å². The normalized spacial score (nSPS) is 15.8. The number of carbonyl (C=O) groups is 1. The van der Waals surface area contributed by atoms with E-state index in [1.165, 1.54) is 11.8 Å². The van der Waals surface area contributed by atoms with Crippen molar-refractivity contribution in [1.29, 1.82) is 0 Å². The van der Waals surface area contributed by atoms with Gasteiger partial charge in [-0.25, -0.2) is 0 Å². The van der Waals surface area contributed by atoms with Crippen LogP contribution in [0.1, 0.15) is 13.8 Å². The third-order valence-electron chi connectivity index (χ3n) is 3.79. The van der Waals surface area contributed by atoms with Crippen LogP contribution < -0.4 is 4.74 Å². The van der Waals surface area contributed by atoms with Crippen LogP contribution in [0.4, 0.5) is 0 Å². The van der Waals surface area contributed by atoms with Crippen molar-refractivity contribution in [1.82, 2.24) is 25.1 Å². The van der Waals surface area contributed by atoms with Gasteiger partial charge in [0.2, 0.25) is 11.1 Å². The third-order valence-corrected chi connectivity index (χ3v) is 4.81. The predicted molar refractivity (Wildman–Crippen MR) is 93.0 cm³/mol. The number of para-hydroxylation sites is 2. The molecule has 1 aromatic carbocycles. The van der Waals surface area contributed by atoms with Gasteiger partial charge in [0.1, 0.15) is 11.4 Å². The minimum absolute atomic E-state index is 0.0703. The van der Waals surface area contributed by atoms with Gasteiger partial charge in [-0.2, -0.15) is 4.68 Å². The first kappa shape index (κ1) is 17.7. The highest BCUT2D eigenvalue weighted by atomic mass is 32.2. The first-order valence-electron chi connectivity index (χ1n) is 8.24. The van der Waals surface area contributed by atoms with Crippen molar-refractivity contribution in [3.63, 3.8) is 0 Å². The van der Waals surface area contributed by atoms with Crippen LogP contribution in [0.25, 0.3) is 5.69 Å². The summed E-state index contributed by atoms with van der Waals surface area (Å²) in [5, 5.41) is 12.2. The molecule has 1 aliphatic rings. The van der Waals surface area contributed by atoms with Crippen LogP contribution in [-0.2, 0) is 9.53 Å². The van der Waals surface area contributed by atoms with Gasteiger partial charge >= 0.3 is 0 Å². The fourth-order valence-electron chi connectivity index (χ4n) is 2.56. The second-order valence-corrected chi connectivity index (χ2v) is 6.78. The molecule has 0 aliphatic carbocycles. The monoisotopic (exact) mass is 363 g/mol. The Morgan fingerprint density at radius 3 is 2.88 bits per heavy atom. The molecule has 0 spiro atoms. The molecular weight excluding hydrogens is 342 g/mol. The molecule has 1 aromatic heterocycles. The molecule has 1 atom stereocenters. The molecule has 2 heterocycles. The molecule has 25 heavy (non-hydrogen) atoms. The number of benzene rings is 1. The molecular formula is C16H21N5O3S. The van der Waals surface area contributed by atoms with Crippen molar-refractivity contribution in [2.45, 2.75) is 24.3 Å². The zero-order valence-corrected chi connectivity index (χ0v) is 15.1. The summed E-state index contributed by atoms with van der Waals surface area (Å²) in [4.78, 5) is 14.4. The van der Waals surface area contributed by atoms with Crippen molar-refractivity contribution in [2.75, 3.05) is 32.9 Å². The van der Waals surface area contributed by atoms with Crippen LogP contribution in [0.15, 0.2) is 29.4 Å². The Bertz CT molecular complexity index is 717. The van der Waals surface area contributed by atoms with E-state index in [1.807, 2.05) is 43.0 Å². The molecule has 1 fully saturated rings. The van der Waals surface area contributed by atoms with E-state index in [9.17, 15) is 4.79 Å². The second-order valence-electron chi connectivity index (χ2n) is 5.47. The van der Waals surface area contributed by atoms with E-state index in [0.717, 1.165) is 5.69 Å². The maximum atomic E-state index is 12.6. The predicted octanol–water partition coefficient (Wildman–Crippen LogP) is 1.40. The molecule has 0 bridgehead atoms. The molecule has 1 amide bonds. The van der Waals surface area contributed by atoms with E-state index < -0.39 is 0 Å². The Labute approximate surface area is 150 Å². The van der Waals surface area contributed by atoms with Crippen molar-refractivity contribution in [2.24, 2.45) is 0 Å². The van der Waals surface area contributed by atoms with Gasteiger partial charge in [-0.1, -0.05) is 23.9 Å². The second kappa shape index (κ2) is 8.30. The molecule has 0 N–H and O–H groups in total. The number of amides is 1. The molecule has 0 radical (unpaired) electrons. The number of morpholine rings is 1. The minimum atomic E-state index is -0.290. The highest BCUT2D eigenvalue weighted by Crippen LogP contribution is 2.28. The van der Waals surface area contributed by atoms with Crippen LogP contribution in [0.5, 0.6) is 5.75 Å². The van der Waals surface area contributed by atoms with E-state index in [-0.39, 0.29) is 11.2 Å². The molecule has 3 rings (SSSR count). The number of carbonyl (C=O) groups excluding carboxylic acids is 1. The van der Waals surface area contributed by atoms with E-state index in [4.69, 9.17) is 9.47 Å². The molecule has 9 heteroatoms. The largest absolute Gasteiger partial charge is 0.492 e. The summed E-state index contributed by atoms with van der Waals surface area (Å²) < 4.78 is 12.6. The van der Waals surface area contributed by atoms with Gasteiger partial charge in [-0.3, -0.25) is 4.79 Å². The fourth-order valence-corrected chi connectivity index (χ4v) is 3.45. The lowest BCUT2D eigenvalue weighted by atomic mass is 10.3. The maximum absolute atomic E-state index is 12.6. The van der Waals surface area contributed by atoms with Crippen molar-refractivity contribution < 1.29 is 14.3 Å². The summed E-state index contributed by atoms with van der Waals surface area (Å²) in [6.45, 7) is 6.77. The molecule has 2 aromatic rings. The molecule has 1 saturated heterocycles. The standard InChI is InChI=1S/C16H21N5O3S/c1-3-24-14-7-5-4-6-13(14)21-16(17-18-19-21)25-12(2)15(22)20-8-10-23-11-9-20/h4-7,12H,3,8-11H2,1-2H3. The van der Waals surface area contributed by atoms with Gasteiger partial charge in [0.05, 0.1) is 25.1 Å². The number of ether oxygens (including phenoxy) is 2. The number of aromatic nitrogens is 4. The first-order chi connectivity index (χ1) is 12.2. The van der Waals surface area contributed by atoms with Crippen LogP contribution in [0, 0.1) is 0 Å². The molecule has 134 valence electrons. The number of thioether (sulfide) groups is 1. The van der Waals surface area contributed by atoms with Crippen LogP contribution in [-0.4, -0.2) is 69.2 Å². The number of tetrazole rings is 1. The molecule has 0 saturated carbocycles. The molecule has 1 aliphatic heterocycles. The van der Waals surface area contributed by atoms with Crippen LogP contribution in [0.3, 0.4) is 0 Å². The van der Waals surface area contributed by atoms with Crippen LogP contribution >= 0.6 is 11.8 Å². The fraction of sp³-hybridized carbons (Fsp3) is 0.500.